The lowest BCUT2D eigenvalue weighted by Crippen LogP contribution is -2.40. The van der Waals surface area contributed by atoms with Crippen LogP contribution in [0, 0.1) is 17.7 Å². The van der Waals surface area contributed by atoms with Gasteiger partial charge in [0, 0.05) is 18.7 Å². The summed E-state index contributed by atoms with van der Waals surface area (Å²) in [4.78, 5) is 25.9. The third-order valence-corrected chi connectivity index (χ3v) is 4.81. The van der Waals surface area contributed by atoms with Crippen LogP contribution >= 0.6 is 0 Å². The molecule has 1 aromatic carbocycles. The Morgan fingerprint density at radius 3 is 2.39 bits per heavy atom. The highest BCUT2D eigenvalue weighted by Gasteiger charge is 2.35. The van der Waals surface area contributed by atoms with Gasteiger partial charge < -0.3 is 9.64 Å². The number of esters is 1. The minimum Gasteiger partial charge on any atom is -0.465 e. The molecule has 0 N–H and O–H groups in total. The Kier molecular flexibility index (Phi) is 7.43. The van der Waals surface area contributed by atoms with Crippen molar-refractivity contribution < 1.29 is 31.9 Å². The van der Waals surface area contributed by atoms with Gasteiger partial charge in [-0.2, -0.15) is 13.2 Å². The fraction of sp³-hybridized carbons (Fsp3) is 0.600. The van der Waals surface area contributed by atoms with E-state index in [-0.39, 0.29) is 30.5 Å². The van der Waals surface area contributed by atoms with E-state index in [1.165, 1.54) is 4.90 Å². The minimum atomic E-state index is -4.81. The molecule has 0 bridgehead atoms. The van der Waals surface area contributed by atoms with E-state index in [9.17, 15) is 27.2 Å². The first-order valence-electron chi connectivity index (χ1n) is 9.42. The third kappa shape index (κ3) is 5.94. The summed E-state index contributed by atoms with van der Waals surface area (Å²) < 4.78 is 56.8. The summed E-state index contributed by atoms with van der Waals surface area (Å²) in [6.07, 6.45) is -2.20. The molecule has 1 heterocycles. The zero-order valence-corrected chi connectivity index (χ0v) is 16.0. The van der Waals surface area contributed by atoms with E-state index < -0.39 is 23.5 Å². The van der Waals surface area contributed by atoms with Crippen LogP contribution in [-0.4, -0.2) is 36.5 Å². The second-order valence-corrected chi connectivity index (χ2v) is 7.46. The van der Waals surface area contributed by atoms with E-state index in [4.69, 9.17) is 4.74 Å². The number of carbonyl (C=O) groups is 2. The summed E-state index contributed by atoms with van der Waals surface area (Å²) in [6.45, 7) is 5.11. The summed E-state index contributed by atoms with van der Waals surface area (Å²) in [6, 6.07) is 2.16. The van der Waals surface area contributed by atoms with Crippen LogP contribution in [0.5, 0.6) is 0 Å². The number of hydrogen-bond donors (Lipinski definition) is 0. The number of nitrogens with zero attached hydrogens (tertiary/aromatic N) is 1. The summed E-state index contributed by atoms with van der Waals surface area (Å²) in [5.41, 5.74) is -1.54. The molecule has 28 heavy (non-hydrogen) atoms. The highest BCUT2D eigenvalue weighted by Crippen LogP contribution is 2.32. The van der Waals surface area contributed by atoms with Gasteiger partial charge in [-0.25, -0.2) is 4.39 Å². The highest BCUT2D eigenvalue weighted by atomic mass is 19.4. The molecule has 1 saturated heterocycles. The van der Waals surface area contributed by atoms with Crippen LogP contribution in [0.4, 0.5) is 17.6 Å². The maximum Gasteiger partial charge on any atom is 0.419 e. The van der Waals surface area contributed by atoms with Gasteiger partial charge in [-0.1, -0.05) is 13.8 Å². The number of piperidine rings is 1. The van der Waals surface area contributed by atoms with Gasteiger partial charge in [-0.05, 0) is 49.8 Å². The van der Waals surface area contributed by atoms with E-state index in [2.05, 4.69) is 13.8 Å². The molecule has 156 valence electrons. The lowest BCUT2D eigenvalue weighted by atomic mass is 9.96. The van der Waals surface area contributed by atoms with Crippen molar-refractivity contribution in [3.63, 3.8) is 0 Å². The third-order valence-electron chi connectivity index (χ3n) is 4.81. The van der Waals surface area contributed by atoms with Crippen LogP contribution in [0.3, 0.4) is 0 Å². The predicted octanol–water partition coefficient (Wildman–Crippen LogP) is 4.68. The van der Waals surface area contributed by atoms with Gasteiger partial charge in [0.2, 0.25) is 0 Å². The van der Waals surface area contributed by atoms with E-state index in [1.54, 1.807) is 0 Å². The predicted molar refractivity (Wildman–Crippen MR) is 95.1 cm³/mol. The van der Waals surface area contributed by atoms with Gasteiger partial charge in [0.15, 0.2) is 0 Å². The average molecular weight is 403 g/mol. The molecule has 8 heteroatoms. The number of rotatable bonds is 6. The molecule has 0 spiro atoms. The van der Waals surface area contributed by atoms with Crippen LogP contribution in [0.25, 0.3) is 0 Å². The summed E-state index contributed by atoms with van der Waals surface area (Å²) in [5, 5.41) is 0. The normalized spacial score (nSPS) is 15.8. The Balaban J connectivity index is 1.86. The Labute approximate surface area is 161 Å². The van der Waals surface area contributed by atoms with Crippen LogP contribution in [0.1, 0.15) is 55.5 Å². The molecule has 2 rings (SSSR count). The molecule has 0 aromatic heterocycles. The van der Waals surface area contributed by atoms with Gasteiger partial charge in [-0.15, -0.1) is 0 Å². The number of halogens is 4. The fourth-order valence-electron chi connectivity index (χ4n) is 3.16. The van der Waals surface area contributed by atoms with Crippen LogP contribution in [0.2, 0.25) is 0 Å². The van der Waals surface area contributed by atoms with Crippen molar-refractivity contribution in [2.24, 2.45) is 11.8 Å². The molecular formula is C20H25F4NO3. The average Bonchev–Trinajstić information content (AvgIpc) is 2.63. The number of amides is 1. The van der Waals surface area contributed by atoms with Crippen LogP contribution < -0.4 is 0 Å². The number of hydrogen-bond acceptors (Lipinski definition) is 3. The fourth-order valence-corrected chi connectivity index (χ4v) is 3.16. The van der Waals surface area contributed by atoms with Crippen molar-refractivity contribution in [1.82, 2.24) is 4.90 Å². The molecule has 1 aliphatic rings. The van der Waals surface area contributed by atoms with Crippen molar-refractivity contribution in [3.05, 3.63) is 35.1 Å². The molecular weight excluding hydrogens is 378 g/mol. The van der Waals surface area contributed by atoms with Gasteiger partial charge in [0.1, 0.15) is 5.82 Å². The van der Waals surface area contributed by atoms with E-state index in [0.29, 0.717) is 37.5 Å². The number of alkyl halides is 3. The topological polar surface area (TPSA) is 46.6 Å². The molecule has 0 unspecified atom stereocenters. The Hall–Kier alpha value is -2.12. The standard InChI is InChI=1S/C20H25F4NO3/c1-13(2)4-3-11-28-19(27)14-7-9-25(10-8-14)18(26)15-5-6-16(17(21)12-15)20(22,23)24/h5-6,12-14H,3-4,7-11H2,1-2H3. The molecule has 0 radical (unpaired) electrons. The van der Waals surface area contributed by atoms with Crippen molar-refractivity contribution in [2.75, 3.05) is 19.7 Å². The Morgan fingerprint density at radius 2 is 1.86 bits per heavy atom. The molecule has 1 amide bonds. The molecule has 1 aromatic rings. The molecule has 0 saturated carbocycles. The monoisotopic (exact) mass is 403 g/mol. The second-order valence-electron chi connectivity index (χ2n) is 7.46. The largest absolute Gasteiger partial charge is 0.465 e. The lowest BCUT2D eigenvalue weighted by molar-refractivity contribution is -0.150. The first kappa shape index (κ1) is 22.2. The molecule has 1 aliphatic heterocycles. The van der Waals surface area contributed by atoms with Gasteiger partial charge in [0.25, 0.3) is 5.91 Å². The van der Waals surface area contributed by atoms with Gasteiger partial charge >= 0.3 is 12.1 Å². The minimum absolute atomic E-state index is 0.139. The summed E-state index contributed by atoms with van der Waals surface area (Å²) in [7, 11) is 0. The first-order chi connectivity index (χ1) is 13.1. The van der Waals surface area contributed by atoms with Gasteiger partial charge in [0.05, 0.1) is 18.1 Å². The van der Waals surface area contributed by atoms with E-state index >= 15 is 0 Å². The van der Waals surface area contributed by atoms with Crippen LogP contribution in [0.15, 0.2) is 18.2 Å². The molecule has 0 atom stereocenters. The molecule has 1 fully saturated rings. The summed E-state index contributed by atoms with van der Waals surface area (Å²) >= 11 is 0. The van der Waals surface area contributed by atoms with E-state index in [1.807, 2.05) is 0 Å². The van der Waals surface area contributed by atoms with Crippen LogP contribution in [-0.2, 0) is 15.7 Å². The maximum atomic E-state index is 13.7. The Morgan fingerprint density at radius 1 is 1.21 bits per heavy atom. The van der Waals surface area contributed by atoms with Crippen molar-refractivity contribution >= 4 is 11.9 Å². The van der Waals surface area contributed by atoms with Crippen molar-refractivity contribution in [3.8, 4) is 0 Å². The van der Waals surface area contributed by atoms with Crippen molar-refractivity contribution in [1.29, 1.82) is 0 Å². The number of benzene rings is 1. The number of carbonyl (C=O) groups excluding carboxylic acids is 2. The van der Waals surface area contributed by atoms with Crippen molar-refractivity contribution in [2.45, 2.75) is 45.7 Å². The number of likely N-dealkylation sites (tertiary alicyclic amines) is 1. The first-order valence-corrected chi connectivity index (χ1v) is 9.42. The zero-order valence-electron chi connectivity index (χ0n) is 16.0. The SMILES string of the molecule is CC(C)CCCOC(=O)C1CCN(C(=O)c2ccc(C(F)(F)F)c(F)c2)CC1. The van der Waals surface area contributed by atoms with Gasteiger partial charge in [-0.3, -0.25) is 9.59 Å². The molecule has 4 nitrogen and oxygen atoms in total. The smallest absolute Gasteiger partial charge is 0.419 e. The van der Waals surface area contributed by atoms with E-state index in [0.717, 1.165) is 18.9 Å². The zero-order chi connectivity index (χ0) is 20.9. The summed E-state index contributed by atoms with van der Waals surface area (Å²) in [5.74, 6) is -2.05. The quantitative estimate of drug-likeness (QED) is 0.394. The highest BCUT2D eigenvalue weighted by molar-refractivity contribution is 5.94. The molecule has 0 aliphatic carbocycles. The Bertz CT molecular complexity index is 695. The number of ether oxygens (including phenoxy) is 1. The lowest BCUT2D eigenvalue weighted by Gasteiger charge is -2.31. The maximum absolute atomic E-state index is 13.7. The second kappa shape index (κ2) is 9.39.